The fourth-order valence-electron chi connectivity index (χ4n) is 3.24. The third-order valence-electron chi connectivity index (χ3n) is 4.72. The normalized spacial score (nSPS) is 15.9. The van der Waals surface area contributed by atoms with Crippen LogP contribution in [0.25, 0.3) is 0 Å². The first-order valence-corrected chi connectivity index (χ1v) is 8.78. The van der Waals surface area contributed by atoms with E-state index in [1.54, 1.807) is 13.4 Å². The summed E-state index contributed by atoms with van der Waals surface area (Å²) in [5.74, 6) is 1.43. The van der Waals surface area contributed by atoms with E-state index in [1.807, 2.05) is 30.3 Å². The van der Waals surface area contributed by atoms with Gasteiger partial charge in [-0.25, -0.2) is 0 Å². The van der Waals surface area contributed by atoms with Crippen LogP contribution in [0.5, 0.6) is 5.75 Å². The van der Waals surface area contributed by atoms with Crippen LogP contribution in [0.15, 0.2) is 41.1 Å². The maximum Gasteiger partial charge on any atom is 0.224 e. The van der Waals surface area contributed by atoms with Gasteiger partial charge in [0.1, 0.15) is 12.0 Å². The van der Waals surface area contributed by atoms with Crippen LogP contribution in [0.4, 0.5) is 5.69 Å². The van der Waals surface area contributed by atoms with Gasteiger partial charge in [-0.15, -0.1) is 0 Å². The molecule has 0 spiro atoms. The Morgan fingerprint density at radius 3 is 2.92 bits per heavy atom. The Labute approximate surface area is 148 Å². The molecular weight excluding hydrogens is 318 g/mol. The summed E-state index contributed by atoms with van der Waals surface area (Å²) in [7, 11) is 1.62. The van der Waals surface area contributed by atoms with E-state index in [9.17, 15) is 4.79 Å². The highest BCUT2D eigenvalue weighted by atomic mass is 16.5. The van der Waals surface area contributed by atoms with Crippen molar-refractivity contribution in [3.8, 4) is 5.75 Å². The zero-order chi connectivity index (χ0) is 17.5. The molecule has 3 rings (SSSR count). The number of carbonyl (C=O) groups excluding carboxylic acids is 1. The van der Waals surface area contributed by atoms with Gasteiger partial charge < -0.3 is 14.6 Å². The third kappa shape index (κ3) is 5.32. The summed E-state index contributed by atoms with van der Waals surface area (Å²) in [4.78, 5) is 14.5. The van der Waals surface area contributed by atoms with Crippen molar-refractivity contribution < 1.29 is 14.1 Å². The number of carbonyl (C=O) groups is 1. The van der Waals surface area contributed by atoms with Crippen LogP contribution >= 0.6 is 0 Å². The Bertz CT molecular complexity index is 664. The zero-order valence-corrected chi connectivity index (χ0v) is 14.6. The van der Waals surface area contributed by atoms with Crippen molar-refractivity contribution in [1.82, 2.24) is 10.1 Å². The van der Waals surface area contributed by atoms with Crippen molar-refractivity contribution in [2.24, 2.45) is 5.92 Å². The number of aromatic nitrogens is 1. The maximum absolute atomic E-state index is 12.1. The quantitative estimate of drug-likeness (QED) is 0.835. The Kier molecular flexibility index (Phi) is 6.06. The van der Waals surface area contributed by atoms with Gasteiger partial charge >= 0.3 is 0 Å². The van der Waals surface area contributed by atoms with Crippen LogP contribution in [0.3, 0.4) is 0 Å². The molecule has 1 aliphatic heterocycles. The van der Waals surface area contributed by atoms with E-state index in [4.69, 9.17) is 9.26 Å². The predicted molar refractivity (Wildman–Crippen MR) is 95.4 cm³/mol. The number of benzene rings is 1. The van der Waals surface area contributed by atoms with Crippen molar-refractivity contribution in [1.29, 1.82) is 0 Å². The van der Waals surface area contributed by atoms with E-state index in [0.29, 0.717) is 12.3 Å². The lowest BCUT2D eigenvalue weighted by atomic mass is 9.92. The van der Waals surface area contributed by atoms with Gasteiger partial charge in [-0.05, 0) is 50.4 Å². The lowest BCUT2D eigenvalue weighted by Gasteiger charge is -2.31. The molecule has 6 nitrogen and oxygen atoms in total. The van der Waals surface area contributed by atoms with Crippen LogP contribution in [0, 0.1) is 5.92 Å². The van der Waals surface area contributed by atoms with Crippen LogP contribution in [0.1, 0.15) is 31.4 Å². The Hall–Kier alpha value is -2.34. The molecule has 6 heteroatoms. The van der Waals surface area contributed by atoms with Gasteiger partial charge in [-0.2, -0.15) is 0 Å². The number of nitrogens with zero attached hydrogens (tertiary/aromatic N) is 2. The number of nitrogens with one attached hydrogen (secondary N) is 1. The first-order chi connectivity index (χ1) is 12.2. The number of hydrogen-bond donors (Lipinski definition) is 1. The second-order valence-electron chi connectivity index (χ2n) is 6.53. The summed E-state index contributed by atoms with van der Waals surface area (Å²) in [6.07, 6.45) is 5.37. The van der Waals surface area contributed by atoms with Gasteiger partial charge in [0, 0.05) is 30.8 Å². The molecule has 0 unspecified atom stereocenters. The van der Waals surface area contributed by atoms with Crippen molar-refractivity contribution in [3.63, 3.8) is 0 Å². The lowest BCUT2D eigenvalue weighted by molar-refractivity contribution is -0.116. The number of rotatable bonds is 7. The smallest absolute Gasteiger partial charge is 0.224 e. The molecule has 1 aromatic carbocycles. The summed E-state index contributed by atoms with van der Waals surface area (Å²) in [6, 6.07) is 9.36. The van der Waals surface area contributed by atoms with Crippen molar-refractivity contribution >= 4 is 11.6 Å². The molecule has 1 N–H and O–H groups in total. The van der Waals surface area contributed by atoms with Crippen molar-refractivity contribution in [3.05, 3.63) is 42.3 Å². The first-order valence-electron chi connectivity index (χ1n) is 8.78. The Morgan fingerprint density at radius 2 is 2.20 bits per heavy atom. The average Bonchev–Trinajstić information content (AvgIpc) is 3.14. The number of hydrogen-bond acceptors (Lipinski definition) is 5. The molecule has 1 aromatic heterocycles. The molecule has 0 radical (unpaired) electrons. The molecular formula is C19H25N3O3. The number of amides is 1. The molecule has 2 aromatic rings. The highest BCUT2D eigenvalue weighted by Gasteiger charge is 2.20. The topological polar surface area (TPSA) is 67.6 Å². The van der Waals surface area contributed by atoms with Crippen molar-refractivity contribution in [2.45, 2.75) is 32.2 Å². The molecule has 1 aliphatic rings. The maximum atomic E-state index is 12.1. The monoisotopic (exact) mass is 343 g/mol. The Balaban J connectivity index is 1.37. The zero-order valence-electron chi connectivity index (χ0n) is 14.6. The second kappa shape index (κ2) is 8.67. The van der Waals surface area contributed by atoms with Gasteiger partial charge in [0.05, 0.1) is 12.8 Å². The molecule has 1 fully saturated rings. The Morgan fingerprint density at radius 1 is 1.36 bits per heavy atom. The number of anilines is 1. The summed E-state index contributed by atoms with van der Waals surface area (Å²) in [5, 5.41) is 6.91. The average molecular weight is 343 g/mol. The minimum atomic E-state index is 0.0679. The largest absolute Gasteiger partial charge is 0.497 e. The number of ether oxygens (including phenoxy) is 1. The fraction of sp³-hybridized carbons (Fsp3) is 0.474. The number of methoxy groups -OCH3 is 1. The van der Waals surface area contributed by atoms with Gasteiger partial charge in [0.25, 0.3) is 0 Å². The van der Waals surface area contributed by atoms with E-state index in [2.05, 4.69) is 15.4 Å². The second-order valence-corrected chi connectivity index (χ2v) is 6.53. The van der Waals surface area contributed by atoms with E-state index >= 15 is 0 Å². The molecule has 1 amide bonds. The minimum Gasteiger partial charge on any atom is -0.497 e. The van der Waals surface area contributed by atoms with Crippen LogP contribution in [0.2, 0.25) is 0 Å². The highest BCUT2D eigenvalue weighted by molar-refractivity contribution is 5.90. The first kappa shape index (κ1) is 17.5. The molecule has 0 atom stereocenters. The number of likely N-dealkylation sites (tertiary alicyclic amines) is 1. The molecule has 2 heterocycles. The molecule has 0 saturated carbocycles. The fourth-order valence-corrected chi connectivity index (χ4v) is 3.24. The SMILES string of the molecule is COc1cccc(NC(=O)CCC2CCN(Cc3ccon3)CC2)c1. The summed E-state index contributed by atoms with van der Waals surface area (Å²) < 4.78 is 10.0. The molecule has 0 aliphatic carbocycles. The summed E-state index contributed by atoms with van der Waals surface area (Å²) in [5.41, 5.74) is 1.77. The van der Waals surface area contributed by atoms with E-state index in [1.165, 1.54) is 0 Å². The van der Waals surface area contributed by atoms with Gasteiger partial charge in [0.2, 0.25) is 5.91 Å². The predicted octanol–water partition coefficient (Wildman–Crippen LogP) is 3.31. The molecule has 134 valence electrons. The minimum absolute atomic E-state index is 0.0679. The number of piperidine rings is 1. The van der Waals surface area contributed by atoms with E-state index < -0.39 is 0 Å². The molecule has 1 saturated heterocycles. The summed E-state index contributed by atoms with van der Waals surface area (Å²) in [6.45, 7) is 2.95. The van der Waals surface area contributed by atoms with E-state index in [-0.39, 0.29) is 5.91 Å². The van der Waals surface area contributed by atoms with Crippen molar-refractivity contribution in [2.75, 3.05) is 25.5 Å². The van der Waals surface area contributed by atoms with E-state index in [0.717, 1.165) is 56.0 Å². The third-order valence-corrected chi connectivity index (χ3v) is 4.72. The van der Waals surface area contributed by atoms with Gasteiger partial charge in [-0.3, -0.25) is 9.69 Å². The summed E-state index contributed by atoms with van der Waals surface area (Å²) >= 11 is 0. The van der Waals surface area contributed by atoms with Gasteiger partial charge in [0.15, 0.2) is 0 Å². The lowest BCUT2D eigenvalue weighted by Crippen LogP contribution is -2.33. The van der Waals surface area contributed by atoms with Crippen LogP contribution in [-0.2, 0) is 11.3 Å². The molecule has 25 heavy (non-hydrogen) atoms. The van der Waals surface area contributed by atoms with Crippen LogP contribution < -0.4 is 10.1 Å². The molecule has 0 bridgehead atoms. The standard InChI is InChI=1S/C19H25N3O3/c1-24-18-4-2-3-16(13-18)20-19(23)6-5-15-7-10-22(11-8-15)14-17-9-12-25-21-17/h2-4,9,12-13,15H,5-8,10-11,14H2,1H3,(H,20,23). The highest BCUT2D eigenvalue weighted by Crippen LogP contribution is 2.23. The van der Waals surface area contributed by atoms with Crippen LogP contribution in [-0.4, -0.2) is 36.2 Å². The van der Waals surface area contributed by atoms with Gasteiger partial charge in [-0.1, -0.05) is 11.2 Å².